The summed E-state index contributed by atoms with van der Waals surface area (Å²) in [6.07, 6.45) is -1.87. The molecule has 1 unspecified atom stereocenters. The SMILES string of the molecule is [2H][C@@H](C(=O)O)C1OCc2ccccc2C1(C)C. The molecule has 86 valence electrons. The second-order valence-electron chi connectivity index (χ2n) is 4.62. The van der Waals surface area contributed by atoms with Gasteiger partial charge in [0.2, 0.25) is 0 Å². The van der Waals surface area contributed by atoms with Crippen LogP contribution in [-0.4, -0.2) is 17.2 Å². The number of benzene rings is 1. The van der Waals surface area contributed by atoms with E-state index in [2.05, 4.69) is 0 Å². The summed E-state index contributed by atoms with van der Waals surface area (Å²) in [6, 6.07) is 7.84. The number of carbonyl (C=O) groups is 1. The van der Waals surface area contributed by atoms with Crippen molar-refractivity contribution in [2.24, 2.45) is 0 Å². The number of ether oxygens (including phenoxy) is 1. The molecule has 1 aliphatic heterocycles. The van der Waals surface area contributed by atoms with Crippen LogP contribution in [0, 0.1) is 0 Å². The largest absolute Gasteiger partial charge is 0.481 e. The highest BCUT2D eigenvalue weighted by Crippen LogP contribution is 2.37. The summed E-state index contributed by atoms with van der Waals surface area (Å²) in [4.78, 5) is 10.9. The van der Waals surface area contributed by atoms with Crippen molar-refractivity contribution in [3.05, 3.63) is 35.4 Å². The van der Waals surface area contributed by atoms with Gasteiger partial charge < -0.3 is 9.84 Å². The summed E-state index contributed by atoms with van der Waals surface area (Å²) in [6.45, 7) is 4.24. The number of fused-ring (bicyclic) bond motifs is 1. The van der Waals surface area contributed by atoms with Crippen molar-refractivity contribution in [3.8, 4) is 0 Å². The highest BCUT2D eigenvalue weighted by atomic mass is 16.5. The lowest BCUT2D eigenvalue weighted by Gasteiger charge is -2.39. The van der Waals surface area contributed by atoms with Crippen molar-refractivity contribution >= 4 is 5.97 Å². The fourth-order valence-corrected chi connectivity index (χ4v) is 2.20. The highest BCUT2D eigenvalue weighted by Gasteiger charge is 2.38. The fourth-order valence-electron chi connectivity index (χ4n) is 2.20. The number of hydrogen-bond donors (Lipinski definition) is 1. The average Bonchev–Trinajstić information content (AvgIpc) is 2.28. The van der Waals surface area contributed by atoms with E-state index in [0.29, 0.717) is 6.61 Å². The summed E-state index contributed by atoms with van der Waals surface area (Å²) in [7, 11) is 0. The molecule has 1 aromatic rings. The molecular formula is C13H16O3. The molecule has 0 amide bonds. The molecule has 0 fully saturated rings. The normalized spacial score (nSPS) is 25.4. The summed E-state index contributed by atoms with van der Waals surface area (Å²) < 4.78 is 13.3. The predicted molar refractivity (Wildman–Crippen MR) is 60.3 cm³/mol. The molecule has 1 N–H and O–H groups in total. The first-order chi connectivity index (χ1) is 7.94. The van der Waals surface area contributed by atoms with Crippen molar-refractivity contribution in [1.82, 2.24) is 0 Å². The third kappa shape index (κ3) is 1.83. The van der Waals surface area contributed by atoms with Crippen LogP contribution in [0.25, 0.3) is 0 Å². The standard InChI is InChI=1S/C13H16O3/c1-13(2)10-6-4-3-5-9(10)8-16-11(13)7-12(14)15/h3-6,11H,7-8H2,1-2H3,(H,14,15)/i7D/t7-,11?/m1/s1. The van der Waals surface area contributed by atoms with Crippen LogP contribution in [0.3, 0.4) is 0 Å². The molecule has 0 bridgehead atoms. The van der Waals surface area contributed by atoms with Gasteiger partial charge in [-0.05, 0) is 11.1 Å². The van der Waals surface area contributed by atoms with Crippen LogP contribution in [0.2, 0.25) is 0 Å². The van der Waals surface area contributed by atoms with E-state index in [1.165, 1.54) is 0 Å². The van der Waals surface area contributed by atoms with Gasteiger partial charge >= 0.3 is 5.97 Å². The van der Waals surface area contributed by atoms with E-state index < -0.39 is 23.9 Å². The van der Waals surface area contributed by atoms with Gasteiger partial charge in [0.1, 0.15) is 0 Å². The zero-order valence-corrected chi connectivity index (χ0v) is 9.43. The first-order valence-corrected chi connectivity index (χ1v) is 5.29. The second kappa shape index (κ2) is 3.91. The van der Waals surface area contributed by atoms with Gasteiger partial charge in [0, 0.05) is 6.79 Å². The predicted octanol–water partition coefficient (Wildman–Crippen LogP) is 2.34. The van der Waals surface area contributed by atoms with Crippen LogP contribution < -0.4 is 0 Å². The van der Waals surface area contributed by atoms with E-state index in [-0.39, 0.29) is 0 Å². The van der Waals surface area contributed by atoms with Gasteiger partial charge in [0.15, 0.2) is 0 Å². The van der Waals surface area contributed by atoms with E-state index in [1.54, 1.807) is 0 Å². The van der Waals surface area contributed by atoms with E-state index in [1.807, 2.05) is 38.1 Å². The Balaban J connectivity index is 2.40. The Bertz CT molecular complexity index is 442. The molecule has 3 nitrogen and oxygen atoms in total. The molecule has 2 rings (SSSR count). The van der Waals surface area contributed by atoms with E-state index in [0.717, 1.165) is 11.1 Å². The molecule has 1 aromatic carbocycles. The fraction of sp³-hybridized carbons (Fsp3) is 0.462. The number of carboxylic acids is 1. The minimum Gasteiger partial charge on any atom is -0.481 e. The molecule has 16 heavy (non-hydrogen) atoms. The van der Waals surface area contributed by atoms with E-state index in [9.17, 15) is 4.79 Å². The maximum Gasteiger partial charge on any atom is 0.306 e. The summed E-state index contributed by atoms with van der Waals surface area (Å²) in [5.41, 5.74) is 1.70. The number of hydrogen-bond acceptors (Lipinski definition) is 2. The Morgan fingerprint density at radius 1 is 1.62 bits per heavy atom. The Morgan fingerprint density at radius 3 is 3.00 bits per heavy atom. The van der Waals surface area contributed by atoms with Gasteiger partial charge in [-0.3, -0.25) is 4.79 Å². The molecule has 1 aliphatic rings. The first kappa shape index (κ1) is 9.85. The third-order valence-corrected chi connectivity index (χ3v) is 3.14. The Labute approximate surface area is 96.5 Å². The second-order valence-corrected chi connectivity index (χ2v) is 4.62. The maximum absolute atomic E-state index is 10.9. The minimum absolute atomic E-state index is 0.382. The molecule has 3 heteroatoms. The van der Waals surface area contributed by atoms with Gasteiger partial charge in [-0.15, -0.1) is 0 Å². The zero-order valence-electron chi connectivity index (χ0n) is 10.4. The molecule has 0 radical (unpaired) electrons. The molecular weight excluding hydrogens is 204 g/mol. The molecule has 1 heterocycles. The number of rotatable bonds is 2. The van der Waals surface area contributed by atoms with Crippen LogP contribution in [0.15, 0.2) is 24.3 Å². The summed E-state index contributed by atoms with van der Waals surface area (Å²) in [5.74, 6) is -1.14. The van der Waals surface area contributed by atoms with E-state index >= 15 is 0 Å². The smallest absolute Gasteiger partial charge is 0.306 e. The Morgan fingerprint density at radius 2 is 2.31 bits per heavy atom. The van der Waals surface area contributed by atoms with Crippen molar-refractivity contribution in [3.63, 3.8) is 0 Å². The third-order valence-electron chi connectivity index (χ3n) is 3.14. The lowest BCUT2D eigenvalue weighted by atomic mass is 9.74. The highest BCUT2D eigenvalue weighted by molar-refractivity contribution is 5.68. The molecule has 0 saturated carbocycles. The monoisotopic (exact) mass is 221 g/mol. The Hall–Kier alpha value is -1.35. The Kier molecular flexibility index (Phi) is 2.40. The van der Waals surface area contributed by atoms with Crippen molar-refractivity contribution < 1.29 is 16.0 Å². The maximum atomic E-state index is 10.9. The van der Waals surface area contributed by atoms with Crippen LogP contribution >= 0.6 is 0 Å². The van der Waals surface area contributed by atoms with Crippen LogP contribution in [0.1, 0.15) is 32.7 Å². The quantitative estimate of drug-likeness (QED) is 0.833. The molecule has 0 aromatic heterocycles. The lowest BCUT2D eigenvalue weighted by Crippen LogP contribution is -2.41. The van der Waals surface area contributed by atoms with Crippen LogP contribution in [-0.2, 0) is 21.6 Å². The number of aliphatic carboxylic acids is 1. The molecule has 0 saturated heterocycles. The lowest BCUT2D eigenvalue weighted by molar-refractivity contribution is -0.142. The van der Waals surface area contributed by atoms with Crippen molar-refractivity contribution in [2.75, 3.05) is 0 Å². The summed E-state index contributed by atoms with van der Waals surface area (Å²) >= 11 is 0. The van der Waals surface area contributed by atoms with Gasteiger partial charge in [-0.1, -0.05) is 38.1 Å². The van der Waals surface area contributed by atoms with Crippen LogP contribution in [0.5, 0.6) is 0 Å². The van der Waals surface area contributed by atoms with Crippen LogP contribution in [0.4, 0.5) is 0 Å². The average molecular weight is 221 g/mol. The first-order valence-electron chi connectivity index (χ1n) is 5.87. The van der Waals surface area contributed by atoms with Crippen molar-refractivity contribution in [2.45, 2.75) is 38.4 Å². The summed E-state index contributed by atoms with van der Waals surface area (Å²) in [5, 5.41) is 8.95. The van der Waals surface area contributed by atoms with Gasteiger partial charge in [-0.2, -0.15) is 0 Å². The zero-order chi connectivity index (χ0) is 12.6. The molecule has 2 atom stereocenters. The molecule has 0 aliphatic carbocycles. The number of carboxylic acid groups (broad SMARTS) is 1. The minimum atomic E-state index is -1.25. The van der Waals surface area contributed by atoms with E-state index in [4.69, 9.17) is 11.2 Å². The van der Waals surface area contributed by atoms with Gasteiger partial charge in [-0.25, -0.2) is 0 Å². The topological polar surface area (TPSA) is 46.5 Å². The van der Waals surface area contributed by atoms with Gasteiger partial charge in [0.25, 0.3) is 0 Å². The van der Waals surface area contributed by atoms with Gasteiger partial charge in [0.05, 0.1) is 19.1 Å². The van der Waals surface area contributed by atoms with Crippen molar-refractivity contribution in [1.29, 1.82) is 0 Å². The molecule has 0 spiro atoms.